The van der Waals surface area contributed by atoms with Crippen LogP contribution in [0.15, 0.2) is 0 Å². The van der Waals surface area contributed by atoms with Crippen LogP contribution in [0.25, 0.3) is 0 Å². The molecule has 2 atom stereocenters. The van der Waals surface area contributed by atoms with Crippen LogP contribution in [0.2, 0.25) is 0 Å². The van der Waals surface area contributed by atoms with Gasteiger partial charge in [-0.3, -0.25) is 4.79 Å². The summed E-state index contributed by atoms with van der Waals surface area (Å²) in [5, 5.41) is 2.75. The largest absolute Gasteiger partial charge is 0.467 e. The Hall–Kier alpha value is -1.10. The van der Waals surface area contributed by atoms with Crippen LogP contribution in [0.3, 0.4) is 0 Å². The molecule has 0 saturated carbocycles. The van der Waals surface area contributed by atoms with Crippen LogP contribution >= 0.6 is 0 Å². The Morgan fingerprint density at radius 3 is 2.63 bits per heavy atom. The maximum Gasteiger partial charge on any atom is 0.328 e. The molecule has 1 fully saturated rings. The Bertz CT molecular complexity index is 298. The second-order valence-electron chi connectivity index (χ2n) is 5.47. The fraction of sp³-hybridized carbons (Fsp3) is 0.857. The van der Waals surface area contributed by atoms with Crippen molar-refractivity contribution in [2.45, 2.75) is 58.1 Å². The summed E-state index contributed by atoms with van der Waals surface area (Å²) in [6.45, 7) is 4.74. The zero-order valence-corrected chi connectivity index (χ0v) is 12.1. The number of amides is 1. The molecule has 110 valence electrons. The number of carbonyl (C=O) groups excluding carboxylic acids is 2. The lowest BCUT2D eigenvalue weighted by atomic mass is 10.0. The van der Waals surface area contributed by atoms with Crippen LogP contribution in [-0.2, 0) is 19.1 Å². The third-order valence-electron chi connectivity index (χ3n) is 3.22. The first kappa shape index (κ1) is 16.0. The van der Waals surface area contributed by atoms with Crippen LogP contribution in [-0.4, -0.2) is 37.7 Å². The maximum absolute atomic E-state index is 11.9. The number of ether oxygens (including phenoxy) is 2. The van der Waals surface area contributed by atoms with Gasteiger partial charge >= 0.3 is 5.97 Å². The predicted molar refractivity (Wildman–Crippen MR) is 71.6 cm³/mol. The molecule has 0 aromatic rings. The zero-order valence-electron chi connectivity index (χ0n) is 12.1. The lowest BCUT2D eigenvalue weighted by Gasteiger charge is -2.23. The van der Waals surface area contributed by atoms with Crippen molar-refractivity contribution in [3.8, 4) is 0 Å². The number of hydrogen-bond acceptors (Lipinski definition) is 4. The number of rotatable bonds is 6. The van der Waals surface area contributed by atoms with Gasteiger partial charge in [-0.15, -0.1) is 0 Å². The Morgan fingerprint density at radius 1 is 1.37 bits per heavy atom. The molecule has 0 spiro atoms. The molecule has 5 heteroatoms. The standard InChI is InChI=1S/C14H25NO4/c1-10(2)8-12(14(17)18-3)15-13(16)9-11-6-4-5-7-19-11/h10-12H,4-9H2,1-3H3,(H,15,16). The Balaban J connectivity index is 2.43. The van der Waals surface area contributed by atoms with E-state index in [1.54, 1.807) is 0 Å². The van der Waals surface area contributed by atoms with E-state index in [4.69, 9.17) is 9.47 Å². The molecule has 2 unspecified atom stereocenters. The molecule has 1 aliphatic heterocycles. The summed E-state index contributed by atoms with van der Waals surface area (Å²) in [5.41, 5.74) is 0. The molecule has 0 aliphatic carbocycles. The molecular formula is C14H25NO4. The summed E-state index contributed by atoms with van der Waals surface area (Å²) in [6, 6.07) is -0.555. The molecular weight excluding hydrogens is 246 g/mol. The highest BCUT2D eigenvalue weighted by Gasteiger charge is 2.24. The summed E-state index contributed by atoms with van der Waals surface area (Å²) in [5.74, 6) is -0.204. The van der Waals surface area contributed by atoms with E-state index in [0.717, 1.165) is 25.9 Å². The summed E-state index contributed by atoms with van der Waals surface area (Å²) in [7, 11) is 1.34. The fourth-order valence-corrected chi connectivity index (χ4v) is 2.26. The van der Waals surface area contributed by atoms with E-state index in [2.05, 4.69) is 5.32 Å². The van der Waals surface area contributed by atoms with E-state index >= 15 is 0 Å². The molecule has 1 saturated heterocycles. The quantitative estimate of drug-likeness (QED) is 0.746. The third kappa shape index (κ3) is 6.05. The first-order valence-corrected chi connectivity index (χ1v) is 7.01. The number of hydrogen-bond donors (Lipinski definition) is 1. The van der Waals surface area contributed by atoms with Crippen molar-refractivity contribution < 1.29 is 19.1 Å². The van der Waals surface area contributed by atoms with Gasteiger partial charge in [-0.05, 0) is 31.6 Å². The average Bonchev–Trinajstić information content (AvgIpc) is 2.37. The van der Waals surface area contributed by atoms with Crippen LogP contribution in [0, 0.1) is 5.92 Å². The monoisotopic (exact) mass is 271 g/mol. The molecule has 5 nitrogen and oxygen atoms in total. The zero-order chi connectivity index (χ0) is 14.3. The van der Waals surface area contributed by atoms with Gasteiger partial charge in [-0.1, -0.05) is 13.8 Å². The molecule has 0 radical (unpaired) electrons. The van der Waals surface area contributed by atoms with Crippen LogP contribution < -0.4 is 5.32 Å². The van der Waals surface area contributed by atoms with Crippen molar-refractivity contribution in [2.24, 2.45) is 5.92 Å². The smallest absolute Gasteiger partial charge is 0.328 e. The molecule has 0 bridgehead atoms. The molecule has 1 aliphatic rings. The molecule has 1 N–H and O–H groups in total. The van der Waals surface area contributed by atoms with Crippen molar-refractivity contribution in [1.82, 2.24) is 5.32 Å². The maximum atomic E-state index is 11.9. The summed E-state index contributed by atoms with van der Waals surface area (Å²) >= 11 is 0. The second kappa shape index (κ2) is 8.15. The van der Waals surface area contributed by atoms with Gasteiger partial charge in [0.15, 0.2) is 0 Å². The van der Waals surface area contributed by atoms with E-state index in [1.165, 1.54) is 7.11 Å². The Morgan fingerprint density at radius 2 is 2.11 bits per heavy atom. The van der Waals surface area contributed by atoms with Crippen molar-refractivity contribution in [3.05, 3.63) is 0 Å². The minimum Gasteiger partial charge on any atom is -0.467 e. The molecule has 1 heterocycles. The normalized spacial score (nSPS) is 20.9. The molecule has 0 aromatic heterocycles. The first-order valence-electron chi connectivity index (χ1n) is 7.01. The van der Waals surface area contributed by atoms with Crippen LogP contribution in [0.1, 0.15) is 46.0 Å². The van der Waals surface area contributed by atoms with Gasteiger partial charge < -0.3 is 14.8 Å². The van der Waals surface area contributed by atoms with Gasteiger partial charge in [0.2, 0.25) is 5.91 Å². The van der Waals surface area contributed by atoms with Crippen molar-refractivity contribution in [3.63, 3.8) is 0 Å². The molecule has 1 amide bonds. The predicted octanol–water partition coefficient (Wildman–Crippen LogP) is 1.65. The fourth-order valence-electron chi connectivity index (χ4n) is 2.26. The van der Waals surface area contributed by atoms with E-state index in [9.17, 15) is 9.59 Å². The summed E-state index contributed by atoms with van der Waals surface area (Å²) < 4.78 is 10.2. The molecule has 19 heavy (non-hydrogen) atoms. The van der Waals surface area contributed by atoms with Gasteiger partial charge in [0.05, 0.1) is 19.6 Å². The minimum atomic E-state index is -0.555. The Labute approximate surface area is 115 Å². The Kier molecular flexibility index (Phi) is 6.84. The van der Waals surface area contributed by atoms with Crippen molar-refractivity contribution in [1.29, 1.82) is 0 Å². The number of esters is 1. The SMILES string of the molecule is COC(=O)C(CC(C)C)NC(=O)CC1CCCCO1. The third-order valence-corrected chi connectivity index (χ3v) is 3.22. The highest BCUT2D eigenvalue weighted by atomic mass is 16.5. The molecule has 0 aromatic carbocycles. The van der Waals surface area contributed by atoms with Gasteiger partial charge in [-0.25, -0.2) is 4.79 Å². The number of nitrogens with one attached hydrogen (secondary N) is 1. The van der Waals surface area contributed by atoms with Gasteiger partial charge in [0.25, 0.3) is 0 Å². The first-order chi connectivity index (χ1) is 9.02. The lowest BCUT2D eigenvalue weighted by Crippen LogP contribution is -2.43. The van der Waals surface area contributed by atoms with Crippen molar-refractivity contribution >= 4 is 11.9 Å². The van der Waals surface area contributed by atoms with E-state index in [0.29, 0.717) is 18.8 Å². The highest BCUT2D eigenvalue weighted by Crippen LogP contribution is 2.16. The summed E-state index contributed by atoms with van der Waals surface area (Å²) in [6.07, 6.45) is 3.99. The molecule has 1 rings (SSSR count). The summed E-state index contributed by atoms with van der Waals surface area (Å²) in [4.78, 5) is 23.5. The average molecular weight is 271 g/mol. The van der Waals surface area contributed by atoms with E-state index < -0.39 is 6.04 Å². The van der Waals surface area contributed by atoms with Gasteiger partial charge in [0.1, 0.15) is 6.04 Å². The van der Waals surface area contributed by atoms with Crippen LogP contribution in [0.5, 0.6) is 0 Å². The van der Waals surface area contributed by atoms with Crippen LogP contribution in [0.4, 0.5) is 0 Å². The topological polar surface area (TPSA) is 64.6 Å². The number of carbonyl (C=O) groups is 2. The van der Waals surface area contributed by atoms with Crippen molar-refractivity contribution in [2.75, 3.05) is 13.7 Å². The van der Waals surface area contributed by atoms with E-state index in [1.807, 2.05) is 13.8 Å². The second-order valence-corrected chi connectivity index (χ2v) is 5.47. The van der Waals surface area contributed by atoms with Gasteiger partial charge in [0, 0.05) is 6.61 Å². The number of methoxy groups -OCH3 is 1. The van der Waals surface area contributed by atoms with Gasteiger partial charge in [-0.2, -0.15) is 0 Å². The highest BCUT2D eigenvalue weighted by molar-refractivity contribution is 5.84. The lowest BCUT2D eigenvalue weighted by molar-refractivity contribution is -0.146. The minimum absolute atomic E-state index is 0.00824. The van der Waals surface area contributed by atoms with E-state index in [-0.39, 0.29) is 18.0 Å².